The van der Waals surface area contributed by atoms with E-state index in [0.29, 0.717) is 31.5 Å². The molecule has 5 nitrogen and oxygen atoms in total. The van der Waals surface area contributed by atoms with Gasteiger partial charge in [0.05, 0.1) is 6.34 Å². The Morgan fingerprint density at radius 3 is 2.36 bits per heavy atom. The number of hydrogen-bond donors (Lipinski definition) is 2. The second-order valence-corrected chi connectivity index (χ2v) is 7.24. The van der Waals surface area contributed by atoms with Crippen LogP contribution in [0.2, 0.25) is 0 Å². The molecule has 0 radical (unpaired) electrons. The van der Waals surface area contributed by atoms with E-state index in [0.717, 1.165) is 25.7 Å². The summed E-state index contributed by atoms with van der Waals surface area (Å²) in [4.78, 5) is 15.0. The third-order valence-corrected chi connectivity index (χ3v) is 5.65. The predicted octanol–water partition coefficient (Wildman–Crippen LogP) is 3.07. The second kappa shape index (κ2) is 8.00. The third kappa shape index (κ3) is 3.87. The molecule has 0 spiro atoms. The number of nitrogens with zero attached hydrogens (tertiary/aromatic N) is 1. The standard InChI is InChI=1S/C20H28N2O3/c21-15-22-13-11-18(12-14-22)25-19(23)20(24,16-7-3-1-4-8-16)17-9-5-2-6-10-17/h1,3-4,7-8,15,17-18,21,24H,2,5-6,9-14H2. The van der Waals surface area contributed by atoms with Crippen molar-refractivity contribution in [3.8, 4) is 0 Å². The quantitative estimate of drug-likeness (QED) is 0.489. The van der Waals surface area contributed by atoms with Crippen molar-refractivity contribution < 1.29 is 14.6 Å². The van der Waals surface area contributed by atoms with Crippen molar-refractivity contribution in [1.82, 2.24) is 4.90 Å². The molecular weight excluding hydrogens is 316 g/mol. The molecule has 1 saturated heterocycles. The summed E-state index contributed by atoms with van der Waals surface area (Å²) >= 11 is 0. The van der Waals surface area contributed by atoms with E-state index in [2.05, 4.69) is 0 Å². The first-order valence-electron chi connectivity index (χ1n) is 9.38. The minimum absolute atomic E-state index is 0.0854. The van der Waals surface area contributed by atoms with E-state index in [1.165, 1.54) is 12.8 Å². The average Bonchev–Trinajstić information content (AvgIpc) is 2.69. The van der Waals surface area contributed by atoms with Crippen LogP contribution in [0.1, 0.15) is 50.5 Å². The van der Waals surface area contributed by atoms with Gasteiger partial charge in [0.1, 0.15) is 6.10 Å². The maximum Gasteiger partial charge on any atom is 0.343 e. The van der Waals surface area contributed by atoms with Crippen molar-refractivity contribution in [2.45, 2.75) is 56.7 Å². The Morgan fingerprint density at radius 2 is 1.76 bits per heavy atom. The van der Waals surface area contributed by atoms with E-state index >= 15 is 0 Å². The number of carbonyl (C=O) groups excluding carboxylic acids is 1. The zero-order valence-corrected chi connectivity index (χ0v) is 14.7. The monoisotopic (exact) mass is 344 g/mol. The molecule has 136 valence electrons. The van der Waals surface area contributed by atoms with Gasteiger partial charge in [0.2, 0.25) is 0 Å². The fourth-order valence-corrected chi connectivity index (χ4v) is 4.10. The van der Waals surface area contributed by atoms with Crippen molar-refractivity contribution in [3.05, 3.63) is 35.9 Å². The highest BCUT2D eigenvalue weighted by Crippen LogP contribution is 2.40. The maximum absolute atomic E-state index is 13.1. The Labute approximate surface area is 149 Å². The molecule has 0 aromatic heterocycles. The van der Waals surface area contributed by atoms with Gasteiger partial charge in [0.15, 0.2) is 5.60 Å². The maximum atomic E-state index is 13.1. The van der Waals surface area contributed by atoms with Gasteiger partial charge in [-0.05, 0) is 18.4 Å². The van der Waals surface area contributed by atoms with Crippen LogP contribution >= 0.6 is 0 Å². The van der Waals surface area contributed by atoms with E-state index in [1.807, 2.05) is 35.2 Å². The lowest BCUT2D eigenvalue weighted by Crippen LogP contribution is -2.47. The number of ether oxygens (including phenoxy) is 1. The average molecular weight is 344 g/mol. The van der Waals surface area contributed by atoms with Crippen LogP contribution in [0.5, 0.6) is 0 Å². The third-order valence-electron chi connectivity index (χ3n) is 5.65. The summed E-state index contributed by atoms with van der Waals surface area (Å²) < 4.78 is 5.77. The lowest BCUT2D eigenvalue weighted by atomic mass is 9.73. The molecule has 1 heterocycles. The topological polar surface area (TPSA) is 73.6 Å². The van der Waals surface area contributed by atoms with Gasteiger partial charge in [0, 0.05) is 31.8 Å². The molecule has 1 aliphatic heterocycles. The van der Waals surface area contributed by atoms with Crippen molar-refractivity contribution in [2.75, 3.05) is 13.1 Å². The normalized spacial score (nSPS) is 22.2. The van der Waals surface area contributed by atoms with Crippen LogP contribution in [0, 0.1) is 11.3 Å². The molecule has 0 amide bonds. The molecule has 1 aromatic rings. The Balaban J connectivity index is 1.77. The molecule has 5 heteroatoms. The van der Waals surface area contributed by atoms with E-state index in [4.69, 9.17) is 10.1 Å². The number of hydrogen-bond acceptors (Lipinski definition) is 4. The highest BCUT2D eigenvalue weighted by molar-refractivity contribution is 5.81. The van der Waals surface area contributed by atoms with Gasteiger partial charge in [-0.25, -0.2) is 4.79 Å². The highest BCUT2D eigenvalue weighted by atomic mass is 16.6. The summed E-state index contributed by atoms with van der Waals surface area (Å²) in [5.41, 5.74) is -0.913. The van der Waals surface area contributed by atoms with Gasteiger partial charge < -0.3 is 14.7 Å². The molecule has 1 aromatic carbocycles. The molecule has 3 rings (SSSR count). The minimum atomic E-state index is -1.56. The van der Waals surface area contributed by atoms with Crippen LogP contribution in [-0.4, -0.2) is 41.5 Å². The molecule has 0 bridgehead atoms. The zero-order chi connectivity index (χ0) is 17.7. The van der Waals surface area contributed by atoms with Gasteiger partial charge >= 0.3 is 5.97 Å². The second-order valence-electron chi connectivity index (χ2n) is 7.24. The van der Waals surface area contributed by atoms with Gasteiger partial charge in [-0.1, -0.05) is 49.6 Å². The molecule has 2 N–H and O–H groups in total. The van der Waals surface area contributed by atoms with E-state index in [1.54, 1.807) is 0 Å². The summed E-state index contributed by atoms with van der Waals surface area (Å²) in [6.45, 7) is 1.43. The predicted molar refractivity (Wildman–Crippen MR) is 96.4 cm³/mol. The van der Waals surface area contributed by atoms with Crippen LogP contribution in [-0.2, 0) is 15.1 Å². The first-order valence-corrected chi connectivity index (χ1v) is 9.38. The Kier molecular flexibility index (Phi) is 5.74. The SMILES string of the molecule is N=CN1CCC(OC(=O)C(O)(c2ccccc2)C2CCCCC2)CC1. The first-order chi connectivity index (χ1) is 12.1. The fourth-order valence-electron chi connectivity index (χ4n) is 4.10. The Morgan fingerprint density at radius 1 is 1.12 bits per heavy atom. The summed E-state index contributed by atoms with van der Waals surface area (Å²) in [5, 5.41) is 18.8. The van der Waals surface area contributed by atoms with Gasteiger partial charge in [-0.2, -0.15) is 0 Å². The lowest BCUT2D eigenvalue weighted by Gasteiger charge is -2.38. The number of esters is 1. The van der Waals surface area contributed by atoms with Crippen molar-refractivity contribution in [2.24, 2.45) is 5.92 Å². The van der Waals surface area contributed by atoms with E-state index in [9.17, 15) is 9.90 Å². The van der Waals surface area contributed by atoms with Gasteiger partial charge in [-0.3, -0.25) is 5.41 Å². The number of aliphatic hydroxyl groups is 1. The van der Waals surface area contributed by atoms with Gasteiger partial charge in [0.25, 0.3) is 0 Å². The van der Waals surface area contributed by atoms with Crippen LogP contribution in [0.25, 0.3) is 0 Å². The number of likely N-dealkylation sites (tertiary alicyclic amines) is 1. The Hall–Kier alpha value is -1.88. The largest absolute Gasteiger partial charge is 0.460 e. The number of nitrogens with one attached hydrogen (secondary N) is 1. The number of piperidine rings is 1. The Bertz CT molecular complexity index is 578. The minimum Gasteiger partial charge on any atom is -0.460 e. The summed E-state index contributed by atoms with van der Waals surface area (Å²) in [7, 11) is 0. The highest BCUT2D eigenvalue weighted by Gasteiger charge is 2.47. The molecule has 1 saturated carbocycles. The molecule has 2 aliphatic rings. The smallest absolute Gasteiger partial charge is 0.343 e. The molecule has 1 atom stereocenters. The molecule has 1 aliphatic carbocycles. The van der Waals surface area contributed by atoms with Crippen molar-refractivity contribution >= 4 is 12.3 Å². The molecule has 25 heavy (non-hydrogen) atoms. The number of carbonyl (C=O) groups is 1. The molecule has 2 fully saturated rings. The van der Waals surface area contributed by atoms with E-state index in [-0.39, 0.29) is 12.0 Å². The number of benzene rings is 1. The first kappa shape index (κ1) is 17.9. The van der Waals surface area contributed by atoms with E-state index < -0.39 is 11.6 Å². The summed E-state index contributed by atoms with van der Waals surface area (Å²) in [6, 6.07) is 9.27. The van der Waals surface area contributed by atoms with Crippen molar-refractivity contribution in [3.63, 3.8) is 0 Å². The van der Waals surface area contributed by atoms with Crippen LogP contribution in [0.4, 0.5) is 0 Å². The van der Waals surface area contributed by atoms with Crippen LogP contribution in [0.3, 0.4) is 0 Å². The van der Waals surface area contributed by atoms with Crippen LogP contribution in [0.15, 0.2) is 30.3 Å². The number of rotatable bonds is 5. The summed E-state index contributed by atoms with van der Waals surface area (Å²) in [6.07, 6.45) is 7.53. The fraction of sp³-hybridized carbons (Fsp3) is 0.600. The zero-order valence-electron chi connectivity index (χ0n) is 14.7. The van der Waals surface area contributed by atoms with Crippen LogP contribution < -0.4 is 0 Å². The van der Waals surface area contributed by atoms with Gasteiger partial charge in [-0.15, -0.1) is 0 Å². The molecule has 1 unspecified atom stereocenters. The lowest BCUT2D eigenvalue weighted by molar-refractivity contribution is -0.182. The van der Waals surface area contributed by atoms with Crippen molar-refractivity contribution in [1.29, 1.82) is 5.41 Å². The summed E-state index contributed by atoms with van der Waals surface area (Å²) in [5.74, 6) is -0.586. The molecular formula is C20H28N2O3.